The van der Waals surface area contributed by atoms with Gasteiger partial charge in [0, 0.05) is 13.1 Å². The van der Waals surface area contributed by atoms with Crippen molar-refractivity contribution in [3.63, 3.8) is 0 Å². The molecule has 3 N–H and O–H groups in total. The molecule has 1 atom stereocenters. The Hall–Kier alpha value is -1.55. The van der Waals surface area contributed by atoms with Gasteiger partial charge in [0.1, 0.15) is 0 Å². The van der Waals surface area contributed by atoms with Crippen molar-refractivity contribution in [1.29, 1.82) is 0 Å². The summed E-state index contributed by atoms with van der Waals surface area (Å²) in [6.45, 7) is 2.11. The fourth-order valence-electron chi connectivity index (χ4n) is 1.94. The monoisotopic (exact) mass is 219 g/mol. The molecule has 0 bridgehead atoms. The normalized spacial score (nSPS) is 19.9. The van der Waals surface area contributed by atoms with Crippen molar-refractivity contribution in [2.45, 2.75) is 12.5 Å². The number of nitrogens with one attached hydrogen (secondary N) is 1. The van der Waals surface area contributed by atoms with Gasteiger partial charge < -0.3 is 16.0 Å². The minimum absolute atomic E-state index is 0.0160. The van der Waals surface area contributed by atoms with E-state index < -0.39 is 0 Å². The van der Waals surface area contributed by atoms with Crippen LogP contribution < -0.4 is 11.1 Å². The van der Waals surface area contributed by atoms with Gasteiger partial charge in [-0.1, -0.05) is 30.3 Å². The second kappa shape index (κ2) is 4.99. The van der Waals surface area contributed by atoms with E-state index in [9.17, 15) is 4.79 Å². The number of rotatable bonds is 4. The van der Waals surface area contributed by atoms with E-state index in [2.05, 4.69) is 5.32 Å². The molecule has 1 aromatic carbocycles. The van der Waals surface area contributed by atoms with Crippen LogP contribution in [0.4, 0.5) is 4.79 Å². The summed E-state index contributed by atoms with van der Waals surface area (Å²) in [5.74, 6) is 0. The fourth-order valence-corrected chi connectivity index (χ4v) is 1.94. The first-order valence-electron chi connectivity index (χ1n) is 5.61. The Morgan fingerprint density at radius 1 is 1.38 bits per heavy atom. The molecule has 0 aliphatic carbocycles. The molecule has 1 saturated heterocycles. The van der Waals surface area contributed by atoms with Crippen molar-refractivity contribution in [3.8, 4) is 0 Å². The van der Waals surface area contributed by atoms with Crippen LogP contribution >= 0.6 is 0 Å². The number of urea groups is 1. The molecule has 1 aromatic rings. The van der Waals surface area contributed by atoms with E-state index in [4.69, 9.17) is 5.73 Å². The molecule has 0 spiro atoms. The van der Waals surface area contributed by atoms with E-state index in [1.807, 2.05) is 35.2 Å². The molecular formula is C12H17N3O. The van der Waals surface area contributed by atoms with Gasteiger partial charge in [-0.05, 0) is 18.5 Å². The lowest BCUT2D eigenvalue weighted by atomic mass is 10.1. The van der Waals surface area contributed by atoms with E-state index in [1.54, 1.807) is 0 Å². The largest absolute Gasteiger partial charge is 0.330 e. The molecule has 16 heavy (non-hydrogen) atoms. The lowest BCUT2D eigenvalue weighted by Crippen LogP contribution is -2.30. The number of hydrogen-bond acceptors (Lipinski definition) is 2. The van der Waals surface area contributed by atoms with Crippen molar-refractivity contribution >= 4 is 6.03 Å². The highest BCUT2D eigenvalue weighted by Gasteiger charge is 2.28. The lowest BCUT2D eigenvalue weighted by molar-refractivity contribution is 0.217. The van der Waals surface area contributed by atoms with Crippen LogP contribution in [0.15, 0.2) is 30.3 Å². The van der Waals surface area contributed by atoms with Gasteiger partial charge in [0.2, 0.25) is 0 Å². The van der Waals surface area contributed by atoms with Crippen LogP contribution in [-0.4, -0.2) is 30.6 Å². The molecule has 1 aliphatic heterocycles. The topological polar surface area (TPSA) is 58.4 Å². The Bertz CT molecular complexity index is 353. The first-order chi connectivity index (χ1) is 7.81. The van der Waals surface area contributed by atoms with Crippen molar-refractivity contribution in [3.05, 3.63) is 35.9 Å². The molecule has 4 heteroatoms. The predicted octanol–water partition coefficient (Wildman–Crippen LogP) is 1.10. The van der Waals surface area contributed by atoms with Crippen LogP contribution in [0.2, 0.25) is 0 Å². The first-order valence-corrected chi connectivity index (χ1v) is 5.61. The summed E-state index contributed by atoms with van der Waals surface area (Å²) in [6, 6.07) is 10.2. The molecule has 86 valence electrons. The summed E-state index contributed by atoms with van der Waals surface area (Å²) in [4.78, 5) is 13.5. The van der Waals surface area contributed by atoms with Crippen molar-refractivity contribution in [1.82, 2.24) is 10.2 Å². The van der Waals surface area contributed by atoms with E-state index in [-0.39, 0.29) is 12.1 Å². The van der Waals surface area contributed by atoms with E-state index in [0.29, 0.717) is 6.54 Å². The molecule has 0 saturated carbocycles. The summed E-state index contributed by atoms with van der Waals surface area (Å²) in [6.07, 6.45) is 0.856. The van der Waals surface area contributed by atoms with Crippen LogP contribution in [0, 0.1) is 0 Å². The summed E-state index contributed by atoms with van der Waals surface area (Å²) in [7, 11) is 0. The Kier molecular flexibility index (Phi) is 3.41. The Labute approximate surface area is 95.4 Å². The predicted molar refractivity (Wildman–Crippen MR) is 63.0 cm³/mol. The third-order valence-electron chi connectivity index (χ3n) is 2.82. The minimum atomic E-state index is 0.0160. The summed E-state index contributed by atoms with van der Waals surface area (Å²) < 4.78 is 0. The number of carbonyl (C=O) groups excluding carboxylic acids is 1. The van der Waals surface area contributed by atoms with Gasteiger partial charge in [0.05, 0.1) is 6.04 Å². The molecule has 1 heterocycles. The molecule has 0 radical (unpaired) electrons. The van der Waals surface area contributed by atoms with Crippen molar-refractivity contribution in [2.75, 3.05) is 19.6 Å². The zero-order valence-electron chi connectivity index (χ0n) is 9.23. The average Bonchev–Trinajstić information content (AvgIpc) is 2.69. The molecule has 1 fully saturated rings. The standard InChI is InChI=1S/C12H17N3O/c13-7-4-8-15-9-11(14-12(15)16)10-5-2-1-3-6-10/h1-3,5-6,11H,4,7-9,13H2,(H,14,16). The highest BCUT2D eigenvalue weighted by molar-refractivity contribution is 5.77. The molecule has 2 amide bonds. The Balaban J connectivity index is 1.98. The van der Waals surface area contributed by atoms with Crippen LogP contribution in [0.3, 0.4) is 0 Å². The maximum atomic E-state index is 11.6. The minimum Gasteiger partial charge on any atom is -0.330 e. The zero-order chi connectivity index (χ0) is 11.4. The highest BCUT2D eigenvalue weighted by atomic mass is 16.2. The third kappa shape index (κ3) is 2.33. The smallest absolute Gasteiger partial charge is 0.318 e. The molecule has 2 rings (SSSR count). The van der Waals surface area contributed by atoms with Crippen LogP contribution in [-0.2, 0) is 0 Å². The third-order valence-corrected chi connectivity index (χ3v) is 2.82. The first kappa shape index (κ1) is 11.0. The number of nitrogens with two attached hydrogens (primary N) is 1. The second-order valence-electron chi connectivity index (χ2n) is 4.00. The van der Waals surface area contributed by atoms with Crippen molar-refractivity contribution < 1.29 is 4.79 Å². The van der Waals surface area contributed by atoms with Crippen LogP contribution in [0.25, 0.3) is 0 Å². The van der Waals surface area contributed by atoms with Crippen LogP contribution in [0.1, 0.15) is 18.0 Å². The lowest BCUT2D eigenvalue weighted by Gasteiger charge is -2.13. The Morgan fingerprint density at radius 2 is 2.12 bits per heavy atom. The van der Waals surface area contributed by atoms with Gasteiger partial charge in [0.25, 0.3) is 0 Å². The van der Waals surface area contributed by atoms with Gasteiger partial charge in [0.15, 0.2) is 0 Å². The number of amides is 2. The van der Waals surface area contributed by atoms with Gasteiger partial charge >= 0.3 is 6.03 Å². The summed E-state index contributed by atoms with van der Waals surface area (Å²) in [5, 5.41) is 2.98. The second-order valence-corrected chi connectivity index (χ2v) is 4.00. The fraction of sp³-hybridized carbons (Fsp3) is 0.417. The van der Waals surface area contributed by atoms with E-state index >= 15 is 0 Å². The SMILES string of the molecule is NCCCN1CC(c2ccccc2)NC1=O. The number of hydrogen-bond donors (Lipinski definition) is 2. The Morgan fingerprint density at radius 3 is 2.81 bits per heavy atom. The summed E-state index contributed by atoms with van der Waals surface area (Å²) >= 11 is 0. The maximum Gasteiger partial charge on any atom is 0.318 e. The van der Waals surface area contributed by atoms with E-state index in [0.717, 1.165) is 25.1 Å². The quantitative estimate of drug-likeness (QED) is 0.796. The van der Waals surface area contributed by atoms with E-state index in [1.165, 1.54) is 0 Å². The molecule has 4 nitrogen and oxygen atoms in total. The number of benzene rings is 1. The van der Waals surface area contributed by atoms with Crippen LogP contribution in [0.5, 0.6) is 0 Å². The maximum absolute atomic E-state index is 11.6. The zero-order valence-corrected chi connectivity index (χ0v) is 9.23. The molecule has 0 aromatic heterocycles. The number of carbonyl (C=O) groups is 1. The van der Waals surface area contributed by atoms with Gasteiger partial charge in [-0.25, -0.2) is 4.79 Å². The molecule has 1 unspecified atom stereocenters. The number of nitrogens with zero attached hydrogens (tertiary/aromatic N) is 1. The van der Waals surface area contributed by atoms with Gasteiger partial charge in [-0.15, -0.1) is 0 Å². The molecule has 1 aliphatic rings. The average molecular weight is 219 g/mol. The van der Waals surface area contributed by atoms with Crippen molar-refractivity contribution in [2.24, 2.45) is 5.73 Å². The summed E-state index contributed by atoms with van der Waals surface area (Å²) in [5.41, 5.74) is 6.60. The van der Waals surface area contributed by atoms with Gasteiger partial charge in [-0.3, -0.25) is 0 Å². The highest BCUT2D eigenvalue weighted by Crippen LogP contribution is 2.19. The van der Waals surface area contributed by atoms with Gasteiger partial charge in [-0.2, -0.15) is 0 Å². The molecular weight excluding hydrogens is 202 g/mol.